The maximum absolute atomic E-state index is 14.1. The number of hydrogen-bond donors (Lipinski definition) is 3. The zero-order valence-corrected chi connectivity index (χ0v) is 23.4. The number of benzene rings is 1. The number of aliphatic hydroxyl groups excluding tert-OH is 1. The zero-order chi connectivity index (χ0) is 27.0. The van der Waals surface area contributed by atoms with Crippen molar-refractivity contribution in [1.82, 2.24) is 10.2 Å². The molecule has 0 radical (unpaired) electrons. The van der Waals surface area contributed by atoms with E-state index in [1.165, 1.54) is 0 Å². The van der Waals surface area contributed by atoms with E-state index < -0.39 is 33.4 Å². The number of nitrogens with zero attached hydrogens (tertiary/aromatic N) is 1. The number of rotatable bonds is 11. The summed E-state index contributed by atoms with van der Waals surface area (Å²) in [5, 5.41) is 16.3. The second kappa shape index (κ2) is 10.8. The number of ether oxygens (including phenoxy) is 1. The van der Waals surface area contributed by atoms with Gasteiger partial charge in [-0.1, -0.05) is 20.3 Å². The number of anilines is 1. The normalized spacial score (nSPS) is 31.7. The standard InChI is InChI=1S/C28H41N3O5S/c1-6-9-17(4)29-25(34)23-28-15-14-27(5,37-28)21(22(28)26(35)31(23)19(7-2)16-32)24(33)30-18-10-12-20(13-11-18)36-8-3/h10-13,17,19,21-23,32H,6-9,14-16H2,1-5H3,(H,29,34)(H,30,33)/t17?,19-,21-,22-,23?,27+,28?/m0/s1. The van der Waals surface area contributed by atoms with Gasteiger partial charge < -0.3 is 25.4 Å². The van der Waals surface area contributed by atoms with Crippen LogP contribution in [0.3, 0.4) is 0 Å². The van der Waals surface area contributed by atoms with Crippen molar-refractivity contribution in [2.24, 2.45) is 11.8 Å². The topological polar surface area (TPSA) is 108 Å². The number of amides is 3. The quantitative estimate of drug-likeness (QED) is 0.403. The summed E-state index contributed by atoms with van der Waals surface area (Å²) in [6.45, 7) is 10.3. The number of fused-ring (bicyclic) bond motifs is 1. The highest BCUT2D eigenvalue weighted by molar-refractivity contribution is 8.02. The molecule has 9 heteroatoms. The molecular formula is C28H41N3O5S. The molecule has 1 spiro atoms. The molecule has 2 bridgehead atoms. The van der Waals surface area contributed by atoms with Crippen molar-refractivity contribution in [2.75, 3.05) is 18.5 Å². The fourth-order valence-corrected chi connectivity index (χ4v) is 9.06. The second-order valence-electron chi connectivity index (χ2n) is 10.9. The van der Waals surface area contributed by atoms with E-state index >= 15 is 0 Å². The Morgan fingerprint density at radius 1 is 1.19 bits per heavy atom. The van der Waals surface area contributed by atoms with E-state index in [-0.39, 0.29) is 30.4 Å². The fourth-order valence-electron chi connectivity index (χ4n) is 6.72. The van der Waals surface area contributed by atoms with Crippen LogP contribution in [0.4, 0.5) is 5.69 Å². The molecule has 3 N–H and O–H groups in total. The molecule has 3 fully saturated rings. The van der Waals surface area contributed by atoms with Crippen molar-refractivity contribution < 1.29 is 24.2 Å². The van der Waals surface area contributed by atoms with Gasteiger partial charge in [-0.15, -0.1) is 11.8 Å². The van der Waals surface area contributed by atoms with Crippen LogP contribution in [0, 0.1) is 11.8 Å². The minimum absolute atomic E-state index is 0.0166. The summed E-state index contributed by atoms with van der Waals surface area (Å²) in [6.07, 6.45) is 3.76. The molecule has 3 aliphatic rings. The Kier molecular flexibility index (Phi) is 8.14. The van der Waals surface area contributed by atoms with Crippen molar-refractivity contribution in [1.29, 1.82) is 0 Å². The SMILES string of the molecule is CCCC(C)NC(=O)C1N([C@@H](CC)CO)C(=O)[C@@H]2[C@@H](C(=O)Nc3ccc(OCC)cc3)[C@@]3(C)CCC12S3. The number of aliphatic hydroxyl groups is 1. The van der Waals surface area contributed by atoms with Crippen LogP contribution in [-0.2, 0) is 14.4 Å². The number of thioether (sulfide) groups is 1. The average molecular weight is 532 g/mol. The maximum atomic E-state index is 14.1. The molecule has 0 aromatic heterocycles. The van der Waals surface area contributed by atoms with Gasteiger partial charge in [-0.2, -0.15) is 0 Å². The van der Waals surface area contributed by atoms with E-state index in [1.54, 1.807) is 28.8 Å². The van der Waals surface area contributed by atoms with E-state index in [9.17, 15) is 19.5 Å². The monoisotopic (exact) mass is 531 g/mol. The number of carbonyl (C=O) groups excluding carboxylic acids is 3. The summed E-state index contributed by atoms with van der Waals surface area (Å²) in [4.78, 5) is 43.3. The van der Waals surface area contributed by atoms with Gasteiger partial charge in [-0.05, 0) is 70.7 Å². The lowest BCUT2D eigenvalue weighted by atomic mass is 9.66. The van der Waals surface area contributed by atoms with Gasteiger partial charge in [-0.3, -0.25) is 14.4 Å². The lowest BCUT2D eigenvalue weighted by Crippen LogP contribution is -2.57. The third kappa shape index (κ3) is 4.73. The molecule has 0 saturated carbocycles. The van der Waals surface area contributed by atoms with Gasteiger partial charge in [0.05, 0.1) is 35.8 Å². The largest absolute Gasteiger partial charge is 0.494 e. The van der Waals surface area contributed by atoms with Crippen molar-refractivity contribution in [3.63, 3.8) is 0 Å². The maximum Gasteiger partial charge on any atom is 0.244 e. The molecule has 3 aliphatic heterocycles. The minimum Gasteiger partial charge on any atom is -0.494 e. The molecular weight excluding hydrogens is 490 g/mol. The molecule has 3 amide bonds. The highest BCUT2D eigenvalue weighted by Crippen LogP contribution is 2.71. The van der Waals surface area contributed by atoms with E-state index in [0.29, 0.717) is 25.1 Å². The molecule has 37 heavy (non-hydrogen) atoms. The van der Waals surface area contributed by atoms with E-state index in [2.05, 4.69) is 24.5 Å². The van der Waals surface area contributed by atoms with Crippen LogP contribution >= 0.6 is 11.8 Å². The molecule has 3 unspecified atom stereocenters. The highest BCUT2D eigenvalue weighted by Gasteiger charge is 2.77. The average Bonchev–Trinajstić information content (AvgIpc) is 3.42. The first-order chi connectivity index (χ1) is 17.7. The van der Waals surface area contributed by atoms with Gasteiger partial charge in [0.25, 0.3) is 0 Å². The second-order valence-corrected chi connectivity index (χ2v) is 12.8. The van der Waals surface area contributed by atoms with Gasteiger partial charge in [-0.25, -0.2) is 0 Å². The molecule has 7 atom stereocenters. The van der Waals surface area contributed by atoms with Gasteiger partial charge in [0, 0.05) is 16.5 Å². The lowest BCUT2D eigenvalue weighted by molar-refractivity contribution is -0.142. The Balaban J connectivity index is 1.67. The van der Waals surface area contributed by atoms with E-state index in [4.69, 9.17) is 4.74 Å². The van der Waals surface area contributed by atoms with E-state index in [0.717, 1.165) is 25.0 Å². The highest BCUT2D eigenvalue weighted by atomic mass is 32.2. The molecule has 204 valence electrons. The summed E-state index contributed by atoms with van der Waals surface area (Å²) in [7, 11) is 0. The lowest BCUT2D eigenvalue weighted by Gasteiger charge is -2.37. The number of hydrogen-bond acceptors (Lipinski definition) is 6. The Labute approximate surface area is 224 Å². The Bertz CT molecular complexity index is 1020. The molecule has 3 saturated heterocycles. The van der Waals surface area contributed by atoms with Crippen molar-refractivity contribution >= 4 is 35.2 Å². The molecule has 1 aromatic rings. The summed E-state index contributed by atoms with van der Waals surface area (Å²) in [6, 6.07) is 6.03. The number of nitrogens with one attached hydrogen (secondary N) is 2. The van der Waals surface area contributed by atoms with Crippen LogP contribution in [-0.4, -0.2) is 68.6 Å². The van der Waals surface area contributed by atoms with Crippen LogP contribution in [0.15, 0.2) is 24.3 Å². The first-order valence-electron chi connectivity index (χ1n) is 13.6. The van der Waals surface area contributed by atoms with Crippen molar-refractivity contribution in [3.05, 3.63) is 24.3 Å². The van der Waals surface area contributed by atoms with Crippen molar-refractivity contribution in [3.8, 4) is 5.75 Å². The molecule has 8 nitrogen and oxygen atoms in total. The smallest absolute Gasteiger partial charge is 0.244 e. The van der Waals surface area contributed by atoms with Gasteiger partial charge in [0.1, 0.15) is 11.8 Å². The molecule has 4 rings (SSSR count). The molecule has 0 aliphatic carbocycles. The summed E-state index contributed by atoms with van der Waals surface area (Å²) >= 11 is 1.64. The van der Waals surface area contributed by atoms with Crippen LogP contribution in [0.1, 0.15) is 66.7 Å². The van der Waals surface area contributed by atoms with Crippen LogP contribution in [0.5, 0.6) is 5.75 Å². The first-order valence-corrected chi connectivity index (χ1v) is 14.4. The van der Waals surface area contributed by atoms with Gasteiger partial charge in [0.15, 0.2) is 0 Å². The third-order valence-corrected chi connectivity index (χ3v) is 10.3. The van der Waals surface area contributed by atoms with Gasteiger partial charge >= 0.3 is 0 Å². The van der Waals surface area contributed by atoms with Gasteiger partial charge in [0.2, 0.25) is 17.7 Å². The first kappa shape index (κ1) is 27.8. The van der Waals surface area contributed by atoms with Crippen LogP contribution in [0.25, 0.3) is 0 Å². The number of likely N-dealkylation sites (tertiary alicyclic amines) is 1. The van der Waals surface area contributed by atoms with Crippen LogP contribution in [0.2, 0.25) is 0 Å². The molecule has 3 heterocycles. The van der Waals surface area contributed by atoms with Crippen molar-refractivity contribution in [2.45, 2.75) is 94.3 Å². The Morgan fingerprint density at radius 3 is 2.49 bits per heavy atom. The summed E-state index contributed by atoms with van der Waals surface area (Å²) in [5.74, 6) is -1.02. The minimum atomic E-state index is -0.712. The molecule has 1 aromatic carbocycles. The Morgan fingerprint density at radius 2 is 1.89 bits per heavy atom. The van der Waals surface area contributed by atoms with Crippen LogP contribution < -0.4 is 15.4 Å². The van der Waals surface area contributed by atoms with E-state index in [1.807, 2.05) is 32.9 Å². The zero-order valence-electron chi connectivity index (χ0n) is 22.6. The summed E-state index contributed by atoms with van der Waals surface area (Å²) < 4.78 is 4.36. The third-order valence-electron chi connectivity index (χ3n) is 8.36. The Hall–Kier alpha value is -2.26. The fraction of sp³-hybridized carbons (Fsp3) is 0.679. The number of carbonyl (C=O) groups is 3. The predicted octanol–water partition coefficient (Wildman–Crippen LogP) is 3.58. The summed E-state index contributed by atoms with van der Waals surface area (Å²) in [5.41, 5.74) is 0.644. The predicted molar refractivity (Wildman–Crippen MR) is 145 cm³/mol.